The van der Waals surface area contributed by atoms with E-state index in [9.17, 15) is 8.60 Å². The summed E-state index contributed by atoms with van der Waals surface area (Å²) in [5.74, 6) is -0.264. The molecule has 1 N–H and O–H groups in total. The summed E-state index contributed by atoms with van der Waals surface area (Å²) in [7, 11) is -0.992. The third-order valence-electron chi connectivity index (χ3n) is 4.28. The lowest BCUT2D eigenvalue weighted by Crippen LogP contribution is -1.88. The van der Waals surface area contributed by atoms with Crippen LogP contribution < -0.4 is 0 Å². The van der Waals surface area contributed by atoms with Gasteiger partial charge in [0.15, 0.2) is 0 Å². The van der Waals surface area contributed by atoms with E-state index in [1.54, 1.807) is 18.4 Å². The Bertz CT molecular complexity index is 894. The predicted octanol–water partition coefficient (Wildman–Crippen LogP) is 4.93. The highest BCUT2D eigenvalue weighted by atomic mass is 32.2. The summed E-state index contributed by atoms with van der Waals surface area (Å²) >= 11 is 0. The van der Waals surface area contributed by atoms with E-state index >= 15 is 0 Å². The van der Waals surface area contributed by atoms with E-state index in [1.807, 2.05) is 31.2 Å². The lowest BCUT2D eigenvalue weighted by Gasteiger charge is -2.05. The number of nitrogens with one attached hydrogen (secondary N) is 1. The maximum atomic E-state index is 13.6. The van der Waals surface area contributed by atoms with Crippen LogP contribution in [0.2, 0.25) is 0 Å². The van der Waals surface area contributed by atoms with Crippen LogP contribution in [0.1, 0.15) is 30.0 Å². The van der Waals surface area contributed by atoms with Crippen molar-refractivity contribution in [2.45, 2.75) is 18.2 Å². The molecule has 2 nitrogen and oxygen atoms in total. The minimum atomic E-state index is -0.992. The van der Waals surface area contributed by atoms with Gasteiger partial charge in [-0.15, -0.1) is 0 Å². The first-order valence-electron chi connectivity index (χ1n) is 7.66. The molecule has 4 heteroatoms. The first-order chi connectivity index (χ1) is 11.5. The molecule has 24 heavy (non-hydrogen) atoms. The summed E-state index contributed by atoms with van der Waals surface area (Å²) in [6.07, 6.45) is 5.56. The molecule has 0 fully saturated rings. The van der Waals surface area contributed by atoms with Crippen molar-refractivity contribution in [3.05, 3.63) is 70.5 Å². The van der Waals surface area contributed by atoms with Gasteiger partial charge in [-0.3, -0.25) is 4.21 Å². The first-order valence-corrected chi connectivity index (χ1v) is 9.21. The van der Waals surface area contributed by atoms with Crippen LogP contribution in [0, 0.1) is 11.2 Å². The average molecular weight is 339 g/mol. The maximum absolute atomic E-state index is 13.6. The number of allylic oxidation sites excluding steroid dienone is 3. The minimum absolute atomic E-state index is 0.264. The van der Waals surface area contributed by atoms with E-state index in [4.69, 9.17) is 5.41 Å². The number of fused-ring (bicyclic) bond motifs is 1. The normalized spacial score (nSPS) is 16.4. The smallest absolute Gasteiger partial charge is 0.123 e. The molecule has 2 aromatic rings. The van der Waals surface area contributed by atoms with E-state index in [-0.39, 0.29) is 5.82 Å². The fourth-order valence-electron chi connectivity index (χ4n) is 3.04. The molecule has 0 spiro atoms. The third-order valence-corrected chi connectivity index (χ3v) is 5.22. The van der Waals surface area contributed by atoms with Gasteiger partial charge in [0.05, 0.1) is 0 Å². The molecule has 0 saturated heterocycles. The first kappa shape index (κ1) is 16.5. The van der Waals surface area contributed by atoms with Gasteiger partial charge >= 0.3 is 0 Å². The van der Waals surface area contributed by atoms with Gasteiger partial charge in [-0.25, -0.2) is 4.39 Å². The SMILES string of the molecule is CC1=C(CC=N)c2cc(F)ccc2/C1=C\c1ccc(S(C)=O)cc1. The van der Waals surface area contributed by atoms with Crippen LogP contribution in [0.4, 0.5) is 4.39 Å². The van der Waals surface area contributed by atoms with Crippen molar-refractivity contribution in [1.29, 1.82) is 5.41 Å². The molecule has 0 radical (unpaired) electrons. The number of benzene rings is 2. The molecule has 122 valence electrons. The lowest BCUT2D eigenvalue weighted by molar-refractivity contribution is 0.627. The summed E-state index contributed by atoms with van der Waals surface area (Å²) in [6, 6.07) is 12.4. The van der Waals surface area contributed by atoms with Crippen LogP contribution >= 0.6 is 0 Å². The van der Waals surface area contributed by atoms with Crippen LogP contribution in [0.3, 0.4) is 0 Å². The number of hydrogen-bond donors (Lipinski definition) is 1. The summed E-state index contributed by atoms with van der Waals surface area (Å²) in [5.41, 5.74) is 5.99. The molecule has 0 heterocycles. The van der Waals surface area contributed by atoms with Crippen molar-refractivity contribution in [3.63, 3.8) is 0 Å². The third kappa shape index (κ3) is 3.02. The molecule has 2 aromatic carbocycles. The van der Waals surface area contributed by atoms with E-state index in [0.717, 1.165) is 38.3 Å². The zero-order chi connectivity index (χ0) is 17.3. The Labute approximate surface area is 143 Å². The topological polar surface area (TPSA) is 40.9 Å². The van der Waals surface area contributed by atoms with E-state index in [0.29, 0.717) is 6.42 Å². The standard InChI is InChI=1S/C20H18FNOS/c1-13-17(9-10-22)20-12-15(21)5-8-18(20)19(13)11-14-3-6-16(7-4-14)24(2)23/h3-8,10-12,22H,9H2,1-2H3/b19-11-,22-10?. The lowest BCUT2D eigenvalue weighted by atomic mass is 10.0. The second-order valence-corrected chi connectivity index (χ2v) is 7.16. The average Bonchev–Trinajstić information content (AvgIpc) is 2.81. The Balaban J connectivity index is 2.10. The summed E-state index contributed by atoms with van der Waals surface area (Å²) < 4.78 is 25.1. The summed E-state index contributed by atoms with van der Waals surface area (Å²) in [6.45, 7) is 2.01. The zero-order valence-corrected chi connectivity index (χ0v) is 14.4. The number of rotatable bonds is 4. The van der Waals surface area contributed by atoms with Crippen molar-refractivity contribution in [3.8, 4) is 0 Å². The van der Waals surface area contributed by atoms with Crippen LogP contribution in [-0.2, 0) is 10.8 Å². The van der Waals surface area contributed by atoms with Crippen LogP contribution in [0.25, 0.3) is 17.2 Å². The molecule has 0 bridgehead atoms. The van der Waals surface area contributed by atoms with Crippen molar-refractivity contribution in [1.82, 2.24) is 0 Å². The van der Waals surface area contributed by atoms with Gasteiger partial charge in [-0.05, 0) is 76.9 Å². The van der Waals surface area contributed by atoms with Gasteiger partial charge in [0.2, 0.25) is 0 Å². The molecule has 1 aliphatic carbocycles. The molecule has 1 aliphatic rings. The zero-order valence-electron chi connectivity index (χ0n) is 13.6. The molecular weight excluding hydrogens is 321 g/mol. The molecule has 1 atom stereocenters. The Morgan fingerprint density at radius 2 is 1.83 bits per heavy atom. The van der Waals surface area contributed by atoms with E-state index < -0.39 is 10.8 Å². The Kier molecular flexibility index (Phi) is 4.58. The molecule has 1 unspecified atom stereocenters. The largest absolute Gasteiger partial charge is 0.313 e. The Morgan fingerprint density at radius 1 is 1.12 bits per heavy atom. The second-order valence-electron chi connectivity index (χ2n) is 5.78. The number of halogens is 1. The van der Waals surface area contributed by atoms with Gasteiger partial charge in [0.25, 0.3) is 0 Å². The number of hydrogen-bond acceptors (Lipinski definition) is 2. The molecule has 3 rings (SSSR count). The van der Waals surface area contributed by atoms with E-state index in [2.05, 4.69) is 6.08 Å². The van der Waals surface area contributed by atoms with Gasteiger partial charge in [0.1, 0.15) is 5.82 Å². The Hall–Kier alpha value is -2.33. The van der Waals surface area contributed by atoms with Gasteiger partial charge in [0, 0.05) is 28.4 Å². The van der Waals surface area contributed by atoms with Gasteiger partial charge in [-0.2, -0.15) is 0 Å². The van der Waals surface area contributed by atoms with Crippen molar-refractivity contribution in [2.75, 3.05) is 6.26 Å². The highest BCUT2D eigenvalue weighted by Gasteiger charge is 2.23. The second kappa shape index (κ2) is 6.65. The fraction of sp³-hybridized carbons (Fsp3) is 0.150. The molecule has 0 aromatic heterocycles. The minimum Gasteiger partial charge on any atom is -0.313 e. The molecule has 0 amide bonds. The molecule has 0 aliphatic heterocycles. The van der Waals surface area contributed by atoms with Crippen molar-refractivity contribution in [2.24, 2.45) is 0 Å². The van der Waals surface area contributed by atoms with Crippen LogP contribution in [0.15, 0.2) is 52.9 Å². The quantitative estimate of drug-likeness (QED) is 0.788. The monoisotopic (exact) mass is 339 g/mol. The molecule has 0 saturated carbocycles. The highest BCUT2D eigenvalue weighted by Crippen LogP contribution is 2.43. The fourth-order valence-corrected chi connectivity index (χ4v) is 3.56. The molecular formula is C20H18FNOS. The Morgan fingerprint density at radius 3 is 2.46 bits per heavy atom. The summed E-state index contributed by atoms with van der Waals surface area (Å²) in [4.78, 5) is 0.794. The summed E-state index contributed by atoms with van der Waals surface area (Å²) in [5, 5.41) is 7.40. The van der Waals surface area contributed by atoms with Crippen LogP contribution in [-0.4, -0.2) is 16.7 Å². The van der Waals surface area contributed by atoms with Gasteiger partial charge < -0.3 is 5.41 Å². The van der Waals surface area contributed by atoms with Crippen LogP contribution in [0.5, 0.6) is 0 Å². The van der Waals surface area contributed by atoms with Crippen molar-refractivity contribution >= 4 is 34.2 Å². The van der Waals surface area contributed by atoms with E-state index in [1.165, 1.54) is 12.3 Å². The van der Waals surface area contributed by atoms with Gasteiger partial charge in [-0.1, -0.05) is 18.2 Å². The predicted molar refractivity (Wildman–Crippen MR) is 99.0 cm³/mol. The maximum Gasteiger partial charge on any atom is 0.123 e. The highest BCUT2D eigenvalue weighted by molar-refractivity contribution is 7.84. The van der Waals surface area contributed by atoms with Crippen molar-refractivity contribution < 1.29 is 8.60 Å².